The first-order valence-corrected chi connectivity index (χ1v) is 25.9. The minimum atomic E-state index is -0.777. The number of hydrogen-bond acceptors (Lipinski definition) is 6. The van der Waals surface area contributed by atoms with E-state index in [0.717, 1.165) is 116 Å². The Labute approximate surface area is 382 Å². The second-order valence-corrected chi connectivity index (χ2v) is 17.1. The zero-order valence-electron chi connectivity index (χ0n) is 40.6. The molecule has 0 aliphatic carbocycles. The van der Waals surface area contributed by atoms with Gasteiger partial charge in [0.25, 0.3) is 0 Å². The van der Waals surface area contributed by atoms with Crippen LogP contribution in [0.2, 0.25) is 0 Å². The van der Waals surface area contributed by atoms with Crippen LogP contribution in [0.25, 0.3) is 0 Å². The summed E-state index contributed by atoms with van der Waals surface area (Å²) in [6.07, 6.45) is 63.3. The summed E-state index contributed by atoms with van der Waals surface area (Å²) in [4.78, 5) is 37.8. The van der Waals surface area contributed by atoms with Crippen LogP contribution in [0.4, 0.5) is 0 Å². The molecule has 0 spiro atoms. The third-order valence-corrected chi connectivity index (χ3v) is 10.9. The summed E-state index contributed by atoms with van der Waals surface area (Å²) in [5.74, 6) is -0.899. The van der Waals surface area contributed by atoms with E-state index in [2.05, 4.69) is 93.7 Å². The van der Waals surface area contributed by atoms with E-state index >= 15 is 0 Å². The second-order valence-electron chi connectivity index (χ2n) is 17.1. The van der Waals surface area contributed by atoms with Gasteiger partial charge in [0.05, 0.1) is 0 Å². The van der Waals surface area contributed by atoms with E-state index in [4.69, 9.17) is 14.2 Å². The molecule has 0 bridgehead atoms. The first-order valence-electron chi connectivity index (χ1n) is 25.9. The van der Waals surface area contributed by atoms with Gasteiger partial charge >= 0.3 is 17.9 Å². The fraction of sp³-hybridized carbons (Fsp3) is 0.732. The second kappa shape index (κ2) is 50.5. The van der Waals surface area contributed by atoms with Crippen molar-refractivity contribution in [2.45, 2.75) is 252 Å². The average Bonchev–Trinajstić information content (AvgIpc) is 3.27. The van der Waals surface area contributed by atoms with Crippen LogP contribution >= 0.6 is 0 Å². The van der Waals surface area contributed by atoms with Crippen molar-refractivity contribution in [1.82, 2.24) is 0 Å². The summed E-state index contributed by atoms with van der Waals surface area (Å²) < 4.78 is 16.7. The van der Waals surface area contributed by atoms with Crippen LogP contribution in [0.1, 0.15) is 245 Å². The highest BCUT2D eigenvalue weighted by molar-refractivity contribution is 5.71. The third kappa shape index (κ3) is 47.9. The molecule has 356 valence electrons. The number of rotatable bonds is 46. The van der Waals surface area contributed by atoms with Crippen molar-refractivity contribution in [3.8, 4) is 0 Å². The van der Waals surface area contributed by atoms with Crippen LogP contribution in [-0.2, 0) is 28.6 Å². The third-order valence-electron chi connectivity index (χ3n) is 10.9. The quantitative estimate of drug-likeness (QED) is 0.0262. The SMILES string of the molecule is CC/C=C\C/C=C\C/C=C\C/C=C\C/C=C\CCCCCCCCCCCC(=O)OCC(COC(=O)CCCCCCCCCCC)OC(=O)CCCCCCC/C=C\CCC. The van der Waals surface area contributed by atoms with Crippen LogP contribution in [0.15, 0.2) is 72.9 Å². The maximum Gasteiger partial charge on any atom is 0.306 e. The molecular weight excluding hydrogens is 769 g/mol. The summed E-state index contributed by atoms with van der Waals surface area (Å²) in [5, 5.41) is 0. The highest BCUT2D eigenvalue weighted by Gasteiger charge is 2.19. The smallest absolute Gasteiger partial charge is 0.306 e. The fourth-order valence-corrected chi connectivity index (χ4v) is 7.06. The Morgan fingerprint density at radius 3 is 1.06 bits per heavy atom. The Kier molecular flexibility index (Phi) is 47.9. The minimum Gasteiger partial charge on any atom is -0.462 e. The van der Waals surface area contributed by atoms with Crippen LogP contribution < -0.4 is 0 Å². The molecule has 0 aliphatic rings. The molecule has 0 amide bonds. The summed E-state index contributed by atoms with van der Waals surface area (Å²) in [7, 11) is 0. The minimum absolute atomic E-state index is 0.0792. The molecule has 0 aliphatic heterocycles. The Morgan fingerprint density at radius 2 is 0.661 bits per heavy atom. The van der Waals surface area contributed by atoms with Gasteiger partial charge in [-0.25, -0.2) is 0 Å². The van der Waals surface area contributed by atoms with Gasteiger partial charge in [0.2, 0.25) is 0 Å². The van der Waals surface area contributed by atoms with Crippen molar-refractivity contribution in [2.24, 2.45) is 0 Å². The molecule has 1 atom stereocenters. The monoisotopic (exact) mass is 865 g/mol. The number of unbranched alkanes of at least 4 members (excludes halogenated alkanes) is 23. The standard InChI is InChI=1S/C56H96O6/c1-4-7-10-13-16-19-21-22-23-24-25-26-27-28-29-30-31-32-33-34-35-38-40-43-46-49-55(58)61-52-53(51-60-54(57)48-45-42-39-36-18-15-12-9-6-3)62-56(59)50-47-44-41-37-20-17-14-11-8-5-2/h7,10-11,14,16,19,22-23,25-26,28-29,53H,4-6,8-9,12-13,15,17-18,20-21,24,27,30-52H2,1-3H3/b10-7-,14-11-,19-16-,23-22-,26-25-,29-28-. The molecule has 0 N–H and O–H groups in total. The van der Waals surface area contributed by atoms with Gasteiger partial charge in [0.15, 0.2) is 6.10 Å². The number of esters is 3. The van der Waals surface area contributed by atoms with E-state index in [0.29, 0.717) is 19.3 Å². The van der Waals surface area contributed by atoms with Crippen LogP contribution in [0.5, 0.6) is 0 Å². The lowest BCUT2D eigenvalue weighted by Gasteiger charge is -2.18. The van der Waals surface area contributed by atoms with E-state index < -0.39 is 6.10 Å². The molecule has 62 heavy (non-hydrogen) atoms. The van der Waals surface area contributed by atoms with Crippen molar-refractivity contribution in [3.05, 3.63) is 72.9 Å². The highest BCUT2D eigenvalue weighted by Crippen LogP contribution is 2.14. The van der Waals surface area contributed by atoms with Crippen molar-refractivity contribution in [1.29, 1.82) is 0 Å². The topological polar surface area (TPSA) is 78.9 Å². The van der Waals surface area contributed by atoms with E-state index in [1.54, 1.807) is 0 Å². The molecule has 0 aromatic carbocycles. The predicted octanol–water partition coefficient (Wildman–Crippen LogP) is 17.0. The Bertz CT molecular complexity index is 1180. The molecular formula is C56H96O6. The predicted molar refractivity (Wildman–Crippen MR) is 265 cm³/mol. The van der Waals surface area contributed by atoms with E-state index in [1.807, 2.05) is 0 Å². The van der Waals surface area contributed by atoms with Gasteiger partial charge in [0, 0.05) is 19.3 Å². The van der Waals surface area contributed by atoms with Gasteiger partial charge in [-0.1, -0.05) is 216 Å². The number of hydrogen-bond donors (Lipinski definition) is 0. The Morgan fingerprint density at radius 1 is 0.339 bits per heavy atom. The molecule has 0 aromatic rings. The molecule has 0 radical (unpaired) electrons. The molecule has 6 heteroatoms. The van der Waals surface area contributed by atoms with Gasteiger partial charge in [-0.15, -0.1) is 0 Å². The van der Waals surface area contributed by atoms with Crippen LogP contribution in [0, 0.1) is 0 Å². The molecule has 0 aromatic heterocycles. The number of ether oxygens (including phenoxy) is 3. The van der Waals surface area contributed by atoms with Crippen LogP contribution in [-0.4, -0.2) is 37.2 Å². The highest BCUT2D eigenvalue weighted by atomic mass is 16.6. The Balaban J connectivity index is 4.19. The normalized spacial score (nSPS) is 12.6. The van der Waals surface area contributed by atoms with Gasteiger partial charge < -0.3 is 14.2 Å². The van der Waals surface area contributed by atoms with Crippen molar-refractivity contribution < 1.29 is 28.6 Å². The van der Waals surface area contributed by atoms with E-state index in [-0.39, 0.29) is 31.1 Å². The lowest BCUT2D eigenvalue weighted by molar-refractivity contribution is -0.167. The first-order chi connectivity index (χ1) is 30.5. The molecule has 6 nitrogen and oxygen atoms in total. The molecule has 1 unspecified atom stereocenters. The van der Waals surface area contributed by atoms with Crippen molar-refractivity contribution >= 4 is 17.9 Å². The summed E-state index contributed by atoms with van der Waals surface area (Å²) in [6, 6.07) is 0. The molecule has 0 saturated carbocycles. The zero-order valence-corrected chi connectivity index (χ0v) is 40.6. The number of carbonyl (C=O) groups is 3. The van der Waals surface area contributed by atoms with Gasteiger partial charge in [-0.3, -0.25) is 14.4 Å². The average molecular weight is 865 g/mol. The maximum absolute atomic E-state index is 12.7. The van der Waals surface area contributed by atoms with Gasteiger partial charge in [-0.2, -0.15) is 0 Å². The first kappa shape index (κ1) is 58.9. The van der Waals surface area contributed by atoms with Gasteiger partial charge in [-0.05, 0) is 83.5 Å². The molecule has 0 fully saturated rings. The van der Waals surface area contributed by atoms with E-state index in [9.17, 15) is 14.4 Å². The number of allylic oxidation sites excluding steroid dienone is 12. The summed E-state index contributed by atoms with van der Waals surface area (Å²) in [6.45, 7) is 6.43. The zero-order chi connectivity index (χ0) is 45.1. The summed E-state index contributed by atoms with van der Waals surface area (Å²) >= 11 is 0. The van der Waals surface area contributed by atoms with Crippen molar-refractivity contribution in [2.75, 3.05) is 13.2 Å². The van der Waals surface area contributed by atoms with Crippen LogP contribution in [0.3, 0.4) is 0 Å². The van der Waals surface area contributed by atoms with E-state index in [1.165, 1.54) is 89.9 Å². The number of carbonyl (C=O) groups excluding carboxylic acids is 3. The molecule has 0 heterocycles. The fourth-order valence-electron chi connectivity index (χ4n) is 7.06. The lowest BCUT2D eigenvalue weighted by Crippen LogP contribution is -2.30. The maximum atomic E-state index is 12.7. The summed E-state index contributed by atoms with van der Waals surface area (Å²) in [5.41, 5.74) is 0. The largest absolute Gasteiger partial charge is 0.462 e. The van der Waals surface area contributed by atoms with Crippen molar-refractivity contribution in [3.63, 3.8) is 0 Å². The lowest BCUT2D eigenvalue weighted by atomic mass is 10.1. The molecule has 0 rings (SSSR count). The van der Waals surface area contributed by atoms with Gasteiger partial charge in [0.1, 0.15) is 13.2 Å². The molecule has 0 saturated heterocycles. The Hall–Kier alpha value is -3.15.